The molecule has 6 nitrogen and oxygen atoms in total. The molecule has 0 aliphatic carbocycles. The molecule has 0 bridgehead atoms. The topological polar surface area (TPSA) is 93.8 Å². The van der Waals surface area contributed by atoms with Crippen LogP contribution >= 0.6 is 31.9 Å². The van der Waals surface area contributed by atoms with Crippen LogP contribution in [-0.4, -0.2) is 22.6 Å². The fourth-order valence-electron chi connectivity index (χ4n) is 3.86. The van der Waals surface area contributed by atoms with Gasteiger partial charge in [0.2, 0.25) is 0 Å². The number of rotatable bonds is 9. The normalized spacial score (nSPS) is 11.0. The quantitative estimate of drug-likeness (QED) is 0.0914. The Balaban J connectivity index is 1.70. The number of phenols is 1. The fraction of sp³-hybridized carbons (Fsp3) is 0.179. The molecule has 1 heterocycles. The number of furan rings is 1. The van der Waals surface area contributed by atoms with E-state index in [1.54, 1.807) is 61.5 Å². The van der Waals surface area contributed by atoms with Crippen molar-refractivity contribution in [2.24, 2.45) is 0 Å². The number of ether oxygens (including phenoxy) is 1. The molecule has 0 spiro atoms. The number of unbranched alkanes of at least 4 members (excludes halogenated alkanes) is 1. The number of halogens is 2. The SMILES string of the molecule is CC(=O)CCCCc1oc2cc(OC(=O)c3ccccc3)ccc2c1C(=O)c1cc(Br)c(O)c(Br)c1. The summed E-state index contributed by atoms with van der Waals surface area (Å²) in [7, 11) is 0. The molecule has 8 heteroatoms. The van der Waals surface area contributed by atoms with E-state index in [1.807, 2.05) is 6.07 Å². The van der Waals surface area contributed by atoms with Crippen molar-refractivity contribution in [3.8, 4) is 11.5 Å². The number of hydrogen-bond acceptors (Lipinski definition) is 6. The molecule has 36 heavy (non-hydrogen) atoms. The van der Waals surface area contributed by atoms with E-state index in [9.17, 15) is 19.5 Å². The van der Waals surface area contributed by atoms with E-state index >= 15 is 0 Å². The molecule has 4 rings (SSSR count). The average Bonchev–Trinajstić information content (AvgIpc) is 3.22. The molecule has 1 N–H and O–H groups in total. The third-order valence-corrected chi connectivity index (χ3v) is 6.85. The molecular formula is C28H22Br2O6. The Bertz CT molecular complexity index is 1430. The summed E-state index contributed by atoms with van der Waals surface area (Å²) in [6.45, 7) is 1.55. The number of Topliss-reactive ketones (excluding diaryl/α,β-unsaturated/α-hetero) is 1. The van der Waals surface area contributed by atoms with Gasteiger partial charge in [0.05, 0.1) is 20.1 Å². The van der Waals surface area contributed by atoms with Gasteiger partial charge in [0.1, 0.15) is 28.6 Å². The standard InChI is InChI=1S/C28H22Br2O6/c1-16(31)7-5-6-10-23-25(26(32)18-13-21(29)27(33)22(30)14-18)20-12-11-19(15-24(20)36-23)35-28(34)17-8-3-2-4-9-17/h2-4,8-9,11-15,33H,5-7,10H2,1H3. The van der Waals surface area contributed by atoms with Crippen molar-refractivity contribution < 1.29 is 28.6 Å². The first-order chi connectivity index (χ1) is 17.2. The molecule has 0 radical (unpaired) electrons. The molecule has 0 saturated heterocycles. The maximum Gasteiger partial charge on any atom is 0.343 e. The Labute approximate surface area is 224 Å². The van der Waals surface area contributed by atoms with E-state index in [4.69, 9.17) is 9.15 Å². The third-order valence-electron chi connectivity index (χ3n) is 5.64. The lowest BCUT2D eigenvalue weighted by molar-refractivity contribution is -0.117. The summed E-state index contributed by atoms with van der Waals surface area (Å²) in [5.41, 5.74) is 1.59. The number of carbonyl (C=O) groups is 3. The van der Waals surface area contributed by atoms with Gasteiger partial charge in [-0.2, -0.15) is 0 Å². The highest BCUT2D eigenvalue weighted by Gasteiger charge is 2.24. The Morgan fingerprint density at radius 2 is 1.61 bits per heavy atom. The highest BCUT2D eigenvalue weighted by Crippen LogP contribution is 2.37. The molecule has 0 amide bonds. The molecule has 1 aromatic heterocycles. The van der Waals surface area contributed by atoms with E-state index in [0.717, 1.165) is 0 Å². The second kappa shape index (κ2) is 11.2. The van der Waals surface area contributed by atoms with Crippen molar-refractivity contribution in [3.63, 3.8) is 0 Å². The lowest BCUT2D eigenvalue weighted by Gasteiger charge is -2.07. The lowest BCUT2D eigenvalue weighted by Crippen LogP contribution is -2.08. The maximum atomic E-state index is 13.6. The second-order valence-corrected chi connectivity index (χ2v) is 10.0. The Morgan fingerprint density at radius 1 is 0.917 bits per heavy atom. The first-order valence-corrected chi connectivity index (χ1v) is 12.9. The van der Waals surface area contributed by atoms with Crippen LogP contribution < -0.4 is 4.74 Å². The van der Waals surface area contributed by atoms with Crippen LogP contribution in [0.3, 0.4) is 0 Å². The summed E-state index contributed by atoms with van der Waals surface area (Å²) < 4.78 is 12.4. The summed E-state index contributed by atoms with van der Waals surface area (Å²) in [6, 6.07) is 16.7. The first-order valence-electron chi connectivity index (χ1n) is 11.3. The van der Waals surface area contributed by atoms with Crippen LogP contribution in [0.15, 0.2) is 74.0 Å². The minimum Gasteiger partial charge on any atom is -0.506 e. The Kier molecular flexibility index (Phi) is 8.06. The summed E-state index contributed by atoms with van der Waals surface area (Å²) in [5, 5.41) is 10.6. The zero-order valence-corrected chi connectivity index (χ0v) is 22.5. The maximum absolute atomic E-state index is 13.6. The molecule has 4 aromatic rings. The molecule has 0 saturated carbocycles. The Hall–Kier alpha value is -3.23. The van der Waals surface area contributed by atoms with Gasteiger partial charge in [0.25, 0.3) is 0 Å². The number of benzene rings is 3. The van der Waals surface area contributed by atoms with E-state index in [2.05, 4.69) is 31.9 Å². The van der Waals surface area contributed by atoms with Crippen molar-refractivity contribution in [1.82, 2.24) is 0 Å². The molecule has 184 valence electrons. The van der Waals surface area contributed by atoms with Crippen molar-refractivity contribution in [2.75, 3.05) is 0 Å². The van der Waals surface area contributed by atoms with Crippen LogP contribution in [0.4, 0.5) is 0 Å². The van der Waals surface area contributed by atoms with E-state index in [1.165, 1.54) is 0 Å². The van der Waals surface area contributed by atoms with Crippen LogP contribution in [-0.2, 0) is 11.2 Å². The van der Waals surface area contributed by atoms with Gasteiger partial charge in [-0.05, 0) is 88.0 Å². The first kappa shape index (κ1) is 25.9. The molecule has 3 aromatic carbocycles. The largest absolute Gasteiger partial charge is 0.506 e. The number of phenolic OH excluding ortho intramolecular Hbond substituents is 1. The highest BCUT2D eigenvalue weighted by molar-refractivity contribution is 9.11. The number of aromatic hydroxyl groups is 1. The van der Waals surface area contributed by atoms with Gasteiger partial charge in [-0.1, -0.05) is 18.2 Å². The van der Waals surface area contributed by atoms with Gasteiger partial charge in [-0.25, -0.2) is 4.79 Å². The van der Waals surface area contributed by atoms with Crippen LogP contribution in [0.25, 0.3) is 11.0 Å². The number of fused-ring (bicyclic) bond motifs is 1. The second-order valence-electron chi connectivity index (χ2n) is 8.34. The summed E-state index contributed by atoms with van der Waals surface area (Å²) in [5.74, 6) is 0.122. The molecule has 0 aliphatic rings. The molecule has 0 atom stereocenters. The molecular weight excluding hydrogens is 592 g/mol. The monoisotopic (exact) mass is 612 g/mol. The minimum absolute atomic E-state index is 0.00192. The number of hydrogen-bond donors (Lipinski definition) is 1. The smallest absolute Gasteiger partial charge is 0.343 e. The fourth-order valence-corrected chi connectivity index (χ4v) is 5.04. The lowest BCUT2D eigenvalue weighted by atomic mass is 9.98. The van der Waals surface area contributed by atoms with Crippen molar-refractivity contribution in [1.29, 1.82) is 0 Å². The van der Waals surface area contributed by atoms with Gasteiger partial charge in [0, 0.05) is 29.9 Å². The summed E-state index contributed by atoms with van der Waals surface area (Å²) in [4.78, 5) is 37.4. The van der Waals surface area contributed by atoms with E-state index in [-0.39, 0.29) is 17.3 Å². The highest BCUT2D eigenvalue weighted by atomic mass is 79.9. The van der Waals surface area contributed by atoms with E-state index in [0.29, 0.717) is 73.8 Å². The predicted molar refractivity (Wildman–Crippen MR) is 143 cm³/mol. The van der Waals surface area contributed by atoms with Gasteiger partial charge >= 0.3 is 5.97 Å². The molecule has 0 unspecified atom stereocenters. The Morgan fingerprint density at radius 3 is 2.28 bits per heavy atom. The van der Waals surface area contributed by atoms with Gasteiger partial charge < -0.3 is 19.1 Å². The number of ketones is 2. The number of carbonyl (C=O) groups excluding carboxylic acids is 3. The van der Waals surface area contributed by atoms with Gasteiger partial charge in [-0.15, -0.1) is 0 Å². The zero-order chi connectivity index (χ0) is 25.8. The number of esters is 1. The van der Waals surface area contributed by atoms with Crippen LogP contribution in [0.5, 0.6) is 11.5 Å². The van der Waals surface area contributed by atoms with Crippen molar-refractivity contribution in [3.05, 3.63) is 92.1 Å². The van der Waals surface area contributed by atoms with Crippen molar-refractivity contribution in [2.45, 2.75) is 32.6 Å². The van der Waals surface area contributed by atoms with Gasteiger partial charge in [0.15, 0.2) is 5.78 Å². The minimum atomic E-state index is -0.499. The van der Waals surface area contributed by atoms with Crippen LogP contribution in [0, 0.1) is 0 Å². The van der Waals surface area contributed by atoms with E-state index < -0.39 is 5.97 Å². The third kappa shape index (κ3) is 5.77. The van der Waals surface area contributed by atoms with Gasteiger partial charge in [-0.3, -0.25) is 4.79 Å². The summed E-state index contributed by atoms with van der Waals surface area (Å²) in [6.07, 6.45) is 2.26. The average molecular weight is 614 g/mol. The molecule has 0 fully saturated rings. The van der Waals surface area contributed by atoms with Crippen LogP contribution in [0.1, 0.15) is 58.2 Å². The predicted octanol–water partition coefficient (Wildman–Crippen LogP) is 7.42. The number of aryl methyl sites for hydroxylation is 1. The van der Waals surface area contributed by atoms with Crippen molar-refractivity contribution >= 4 is 60.4 Å². The van der Waals surface area contributed by atoms with Crippen LogP contribution in [0.2, 0.25) is 0 Å². The zero-order valence-electron chi connectivity index (χ0n) is 19.3. The molecule has 0 aliphatic heterocycles. The summed E-state index contributed by atoms with van der Waals surface area (Å²) >= 11 is 6.55.